The van der Waals surface area contributed by atoms with E-state index >= 15 is 0 Å². The fourth-order valence-electron chi connectivity index (χ4n) is 1.37. The average molecular weight is 263 g/mol. The molecule has 5 nitrogen and oxygen atoms in total. The first-order valence-corrected chi connectivity index (χ1v) is 7.14. The van der Waals surface area contributed by atoms with Crippen molar-refractivity contribution < 1.29 is 8.42 Å². The summed E-state index contributed by atoms with van der Waals surface area (Å²) in [5.74, 6) is 0.586. The molecule has 0 aliphatic rings. The number of rotatable bonds is 4. The fourth-order valence-corrected chi connectivity index (χ4v) is 1.98. The zero-order valence-electron chi connectivity index (χ0n) is 9.87. The molecule has 94 valence electrons. The van der Waals surface area contributed by atoms with Crippen molar-refractivity contribution in [3.63, 3.8) is 0 Å². The summed E-state index contributed by atoms with van der Waals surface area (Å²) in [5, 5.41) is 0. The summed E-state index contributed by atoms with van der Waals surface area (Å²) in [6.07, 6.45) is 2.92. The molecule has 0 atom stereocenters. The van der Waals surface area contributed by atoms with Crippen LogP contribution < -0.4 is 4.72 Å². The Balaban J connectivity index is 2.21. The Bertz CT molecular complexity index is 610. The standard InChI is InChI=1S/C12H13N3O2S/c1-2-18(16,17)15-11-8-13-12(14-9-11)10-6-4-3-5-7-10/h3-9,15H,2H2,1H3. The van der Waals surface area contributed by atoms with Crippen molar-refractivity contribution in [2.75, 3.05) is 10.5 Å². The van der Waals surface area contributed by atoms with Crippen LogP contribution in [0.4, 0.5) is 5.69 Å². The monoisotopic (exact) mass is 263 g/mol. The largest absolute Gasteiger partial charge is 0.280 e. The number of benzene rings is 1. The maximum absolute atomic E-state index is 11.4. The molecule has 0 saturated heterocycles. The molecule has 6 heteroatoms. The highest BCUT2D eigenvalue weighted by Crippen LogP contribution is 2.15. The fraction of sp³-hybridized carbons (Fsp3) is 0.167. The molecule has 0 aliphatic heterocycles. The second-order valence-electron chi connectivity index (χ2n) is 3.67. The molecule has 0 fully saturated rings. The molecule has 2 rings (SSSR count). The second-order valence-corrected chi connectivity index (χ2v) is 5.68. The van der Waals surface area contributed by atoms with E-state index in [1.165, 1.54) is 12.4 Å². The highest BCUT2D eigenvalue weighted by atomic mass is 32.2. The maximum atomic E-state index is 11.4. The SMILES string of the molecule is CCS(=O)(=O)Nc1cnc(-c2ccccc2)nc1. The molecule has 0 saturated carbocycles. The smallest absolute Gasteiger partial charge is 0.232 e. The van der Waals surface area contributed by atoms with E-state index in [0.29, 0.717) is 11.5 Å². The van der Waals surface area contributed by atoms with Gasteiger partial charge < -0.3 is 0 Å². The van der Waals surface area contributed by atoms with E-state index < -0.39 is 10.0 Å². The Morgan fingerprint density at radius 2 is 1.72 bits per heavy atom. The summed E-state index contributed by atoms with van der Waals surface area (Å²) in [4.78, 5) is 8.26. The van der Waals surface area contributed by atoms with Crippen LogP contribution in [-0.2, 0) is 10.0 Å². The van der Waals surface area contributed by atoms with Gasteiger partial charge >= 0.3 is 0 Å². The highest BCUT2D eigenvalue weighted by molar-refractivity contribution is 7.92. The molecule has 1 aromatic heterocycles. The summed E-state index contributed by atoms with van der Waals surface area (Å²) in [6.45, 7) is 1.57. The summed E-state index contributed by atoms with van der Waals surface area (Å²) in [7, 11) is -3.28. The van der Waals surface area contributed by atoms with Crippen LogP contribution in [0.1, 0.15) is 6.92 Å². The molecule has 1 heterocycles. The highest BCUT2D eigenvalue weighted by Gasteiger charge is 2.07. The lowest BCUT2D eigenvalue weighted by Gasteiger charge is -2.05. The number of aromatic nitrogens is 2. The predicted molar refractivity (Wildman–Crippen MR) is 70.6 cm³/mol. The van der Waals surface area contributed by atoms with Gasteiger partial charge in [-0.2, -0.15) is 0 Å². The van der Waals surface area contributed by atoms with Gasteiger partial charge in [0.05, 0.1) is 23.8 Å². The van der Waals surface area contributed by atoms with Crippen LogP contribution in [0.15, 0.2) is 42.7 Å². The van der Waals surface area contributed by atoms with Gasteiger partial charge in [-0.25, -0.2) is 18.4 Å². The van der Waals surface area contributed by atoms with Crippen LogP contribution >= 0.6 is 0 Å². The number of hydrogen-bond acceptors (Lipinski definition) is 4. The van der Waals surface area contributed by atoms with E-state index in [9.17, 15) is 8.42 Å². The van der Waals surface area contributed by atoms with Gasteiger partial charge in [0, 0.05) is 5.56 Å². The van der Waals surface area contributed by atoms with Crippen molar-refractivity contribution in [3.8, 4) is 11.4 Å². The van der Waals surface area contributed by atoms with Crippen LogP contribution in [0.3, 0.4) is 0 Å². The summed E-state index contributed by atoms with van der Waals surface area (Å²) >= 11 is 0. The molecule has 0 spiro atoms. The van der Waals surface area contributed by atoms with Crippen LogP contribution in [0.2, 0.25) is 0 Å². The summed E-state index contributed by atoms with van der Waals surface area (Å²) < 4.78 is 25.1. The van der Waals surface area contributed by atoms with Gasteiger partial charge in [-0.15, -0.1) is 0 Å². The Morgan fingerprint density at radius 3 is 2.28 bits per heavy atom. The summed E-state index contributed by atoms with van der Waals surface area (Å²) in [5.41, 5.74) is 1.26. The van der Waals surface area contributed by atoms with Gasteiger partial charge in [0.15, 0.2) is 5.82 Å². The Hall–Kier alpha value is -1.95. The van der Waals surface area contributed by atoms with E-state index in [1.54, 1.807) is 6.92 Å². The van der Waals surface area contributed by atoms with E-state index in [0.717, 1.165) is 5.56 Å². The third-order valence-corrected chi connectivity index (χ3v) is 3.64. The number of anilines is 1. The first-order valence-electron chi connectivity index (χ1n) is 5.48. The van der Waals surface area contributed by atoms with Gasteiger partial charge in [0.2, 0.25) is 10.0 Å². The number of nitrogens with zero attached hydrogens (tertiary/aromatic N) is 2. The molecule has 1 aromatic carbocycles. The van der Waals surface area contributed by atoms with Crippen LogP contribution in [-0.4, -0.2) is 24.1 Å². The molecular formula is C12H13N3O2S. The topological polar surface area (TPSA) is 72.0 Å². The molecule has 1 N–H and O–H groups in total. The third-order valence-electron chi connectivity index (χ3n) is 2.34. The van der Waals surface area contributed by atoms with Crippen LogP contribution in [0, 0.1) is 0 Å². The molecule has 0 unspecified atom stereocenters. The van der Waals surface area contributed by atoms with Gasteiger partial charge in [-0.3, -0.25) is 4.72 Å². The Morgan fingerprint density at radius 1 is 1.11 bits per heavy atom. The van der Waals surface area contributed by atoms with E-state index in [2.05, 4.69) is 14.7 Å². The van der Waals surface area contributed by atoms with E-state index in [1.807, 2.05) is 30.3 Å². The Kier molecular flexibility index (Phi) is 3.57. The van der Waals surface area contributed by atoms with E-state index in [-0.39, 0.29) is 5.75 Å². The zero-order valence-corrected chi connectivity index (χ0v) is 10.7. The second kappa shape index (κ2) is 5.14. The molecule has 0 amide bonds. The van der Waals surface area contributed by atoms with Crippen molar-refractivity contribution in [1.29, 1.82) is 0 Å². The third kappa shape index (κ3) is 3.04. The first-order chi connectivity index (χ1) is 8.61. The molecule has 18 heavy (non-hydrogen) atoms. The van der Waals surface area contributed by atoms with Crippen LogP contribution in [0.5, 0.6) is 0 Å². The minimum Gasteiger partial charge on any atom is -0.280 e. The van der Waals surface area contributed by atoms with Crippen molar-refractivity contribution >= 4 is 15.7 Å². The van der Waals surface area contributed by atoms with Crippen molar-refractivity contribution in [2.24, 2.45) is 0 Å². The number of nitrogens with one attached hydrogen (secondary N) is 1. The molecule has 2 aromatic rings. The lowest BCUT2D eigenvalue weighted by atomic mass is 10.2. The quantitative estimate of drug-likeness (QED) is 0.914. The number of sulfonamides is 1. The predicted octanol–water partition coefficient (Wildman–Crippen LogP) is 1.91. The lowest BCUT2D eigenvalue weighted by Crippen LogP contribution is -2.14. The molecular weight excluding hydrogens is 250 g/mol. The van der Waals surface area contributed by atoms with Crippen LogP contribution in [0.25, 0.3) is 11.4 Å². The average Bonchev–Trinajstić information content (AvgIpc) is 2.40. The van der Waals surface area contributed by atoms with E-state index in [4.69, 9.17) is 0 Å². The normalized spacial score (nSPS) is 11.2. The molecule has 0 aliphatic carbocycles. The van der Waals surface area contributed by atoms with Gasteiger partial charge in [-0.05, 0) is 6.92 Å². The first kappa shape index (κ1) is 12.5. The maximum Gasteiger partial charge on any atom is 0.232 e. The lowest BCUT2D eigenvalue weighted by molar-refractivity contribution is 0.602. The van der Waals surface area contributed by atoms with Gasteiger partial charge in [-0.1, -0.05) is 30.3 Å². The minimum atomic E-state index is -3.28. The van der Waals surface area contributed by atoms with Crippen molar-refractivity contribution in [2.45, 2.75) is 6.92 Å². The molecule has 0 radical (unpaired) electrons. The van der Waals surface area contributed by atoms with Crippen molar-refractivity contribution in [3.05, 3.63) is 42.7 Å². The van der Waals surface area contributed by atoms with Gasteiger partial charge in [0.25, 0.3) is 0 Å². The Labute approximate surface area is 106 Å². The van der Waals surface area contributed by atoms with Crippen molar-refractivity contribution in [1.82, 2.24) is 9.97 Å². The minimum absolute atomic E-state index is 0.0213. The zero-order chi connectivity index (χ0) is 13.0. The number of hydrogen-bond donors (Lipinski definition) is 1. The van der Waals surface area contributed by atoms with Gasteiger partial charge in [0.1, 0.15) is 0 Å². The summed E-state index contributed by atoms with van der Waals surface area (Å²) in [6, 6.07) is 9.49. The molecule has 0 bridgehead atoms.